The molecule has 0 aromatic rings. The topological polar surface area (TPSA) is 62.4 Å². The van der Waals surface area contributed by atoms with Gasteiger partial charge in [-0.2, -0.15) is 0 Å². The lowest BCUT2D eigenvalue weighted by Crippen LogP contribution is -2.49. The van der Waals surface area contributed by atoms with Crippen LogP contribution in [-0.2, 0) is 0 Å². The molecule has 2 fully saturated rings. The number of aliphatic imine (C=N–C) groups is 1. The van der Waals surface area contributed by atoms with Gasteiger partial charge in [0.15, 0.2) is 0 Å². The second kappa shape index (κ2) is 6.24. The molecule has 0 aromatic heterocycles. The van der Waals surface area contributed by atoms with Crippen molar-refractivity contribution in [1.82, 2.24) is 10.7 Å². The SMILES string of the molecule is CCC(NC(=NC1CC1)NN)C1CCCCC1. The number of nitrogens with zero attached hydrogens (tertiary/aromatic N) is 1. The van der Waals surface area contributed by atoms with Crippen molar-refractivity contribution in [2.24, 2.45) is 16.8 Å². The highest BCUT2D eigenvalue weighted by atomic mass is 15.3. The van der Waals surface area contributed by atoms with Gasteiger partial charge in [0, 0.05) is 6.04 Å². The lowest BCUT2D eigenvalue weighted by Gasteiger charge is -2.31. The van der Waals surface area contributed by atoms with E-state index >= 15 is 0 Å². The van der Waals surface area contributed by atoms with Gasteiger partial charge in [0.25, 0.3) is 0 Å². The van der Waals surface area contributed by atoms with Crippen molar-refractivity contribution in [3.63, 3.8) is 0 Å². The Morgan fingerprint density at radius 2 is 1.94 bits per heavy atom. The zero-order valence-electron chi connectivity index (χ0n) is 10.9. The van der Waals surface area contributed by atoms with Gasteiger partial charge >= 0.3 is 0 Å². The van der Waals surface area contributed by atoms with Crippen LogP contribution < -0.4 is 16.6 Å². The molecule has 2 aliphatic carbocycles. The van der Waals surface area contributed by atoms with Crippen LogP contribution in [0.15, 0.2) is 4.99 Å². The average Bonchev–Trinajstić information content (AvgIpc) is 3.19. The summed E-state index contributed by atoms with van der Waals surface area (Å²) in [4.78, 5) is 4.56. The first kappa shape index (κ1) is 12.7. The quantitative estimate of drug-likeness (QED) is 0.303. The van der Waals surface area contributed by atoms with Crippen molar-refractivity contribution in [3.8, 4) is 0 Å². The van der Waals surface area contributed by atoms with Crippen LogP contribution in [0.3, 0.4) is 0 Å². The third-order valence-electron chi connectivity index (χ3n) is 3.98. The van der Waals surface area contributed by atoms with E-state index in [-0.39, 0.29) is 0 Å². The van der Waals surface area contributed by atoms with Gasteiger partial charge < -0.3 is 5.32 Å². The van der Waals surface area contributed by atoms with Gasteiger partial charge in [0.1, 0.15) is 0 Å². The number of guanidine groups is 1. The molecule has 2 saturated carbocycles. The van der Waals surface area contributed by atoms with Crippen molar-refractivity contribution in [3.05, 3.63) is 0 Å². The number of nitrogens with one attached hydrogen (secondary N) is 2. The molecule has 98 valence electrons. The van der Waals surface area contributed by atoms with E-state index in [1.807, 2.05) is 0 Å². The Labute approximate surface area is 104 Å². The van der Waals surface area contributed by atoms with E-state index < -0.39 is 0 Å². The van der Waals surface area contributed by atoms with Crippen LogP contribution in [0, 0.1) is 5.92 Å². The number of hydrogen-bond donors (Lipinski definition) is 3. The first-order valence-electron chi connectivity index (χ1n) is 7.14. The fourth-order valence-electron chi connectivity index (χ4n) is 2.77. The number of nitrogens with two attached hydrogens (primary N) is 1. The first-order chi connectivity index (χ1) is 8.33. The fourth-order valence-corrected chi connectivity index (χ4v) is 2.77. The minimum atomic E-state index is 0.511. The Balaban J connectivity index is 1.87. The summed E-state index contributed by atoms with van der Waals surface area (Å²) < 4.78 is 0. The van der Waals surface area contributed by atoms with Gasteiger partial charge in [-0.1, -0.05) is 26.2 Å². The van der Waals surface area contributed by atoms with E-state index in [0.717, 1.165) is 18.3 Å². The van der Waals surface area contributed by atoms with Crippen molar-refractivity contribution in [2.45, 2.75) is 70.4 Å². The molecule has 0 bridgehead atoms. The number of rotatable bonds is 4. The Morgan fingerprint density at radius 3 is 2.47 bits per heavy atom. The maximum atomic E-state index is 5.54. The Kier molecular flexibility index (Phi) is 4.66. The summed E-state index contributed by atoms with van der Waals surface area (Å²) in [6, 6.07) is 1.04. The summed E-state index contributed by atoms with van der Waals surface area (Å²) in [5, 5.41) is 3.51. The minimum absolute atomic E-state index is 0.511. The van der Waals surface area contributed by atoms with E-state index in [9.17, 15) is 0 Å². The van der Waals surface area contributed by atoms with Crippen LogP contribution in [0.5, 0.6) is 0 Å². The summed E-state index contributed by atoms with van der Waals surface area (Å²) in [6.45, 7) is 2.25. The zero-order valence-corrected chi connectivity index (χ0v) is 10.9. The van der Waals surface area contributed by atoms with Crippen LogP contribution in [-0.4, -0.2) is 18.0 Å². The maximum absolute atomic E-state index is 5.54. The zero-order chi connectivity index (χ0) is 12.1. The maximum Gasteiger partial charge on any atom is 0.206 e. The second-order valence-corrected chi connectivity index (χ2v) is 5.41. The molecule has 0 amide bonds. The van der Waals surface area contributed by atoms with Crippen molar-refractivity contribution in [1.29, 1.82) is 0 Å². The van der Waals surface area contributed by atoms with Gasteiger partial charge in [-0.05, 0) is 38.0 Å². The molecule has 4 N–H and O–H groups in total. The predicted octanol–water partition coefficient (Wildman–Crippen LogP) is 1.92. The molecule has 0 heterocycles. The Bertz CT molecular complexity index is 254. The van der Waals surface area contributed by atoms with Gasteiger partial charge in [-0.25, -0.2) is 10.8 Å². The molecule has 0 aromatic carbocycles. The van der Waals surface area contributed by atoms with Gasteiger partial charge in [-0.3, -0.25) is 5.43 Å². The van der Waals surface area contributed by atoms with Crippen LogP contribution >= 0.6 is 0 Å². The first-order valence-corrected chi connectivity index (χ1v) is 7.14. The summed E-state index contributed by atoms with van der Waals surface area (Å²) in [5.41, 5.74) is 2.72. The monoisotopic (exact) mass is 238 g/mol. The molecule has 1 atom stereocenters. The standard InChI is InChI=1S/C13H26N4/c1-2-12(10-6-4-3-5-7-10)16-13(17-14)15-11-8-9-11/h10-12H,2-9,14H2,1H3,(H2,15,16,17). The molecule has 4 nitrogen and oxygen atoms in total. The fraction of sp³-hybridized carbons (Fsp3) is 0.923. The molecule has 2 aliphatic rings. The van der Waals surface area contributed by atoms with Crippen LogP contribution in [0.4, 0.5) is 0 Å². The normalized spacial score (nSPS) is 24.5. The van der Waals surface area contributed by atoms with Crippen LogP contribution in [0.1, 0.15) is 58.3 Å². The Morgan fingerprint density at radius 1 is 1.24 bits per heavy atom. The van der Waals surface area contributed by atoms with Crippen LogP contribution in [0.25, 0.3) is 0 Å². The number of hydrogen-bond acceptors (Lipinski definition) is 2. The smallest absolute Gasteiger partial charge is 0.206 e. The minimum Gasteiger partial charge on any atom is -0.352 e. The van der Waals surface area contributed by atoms with Crippen molar-refractivity contribution in [2.75, 3.05) is 0 Å². The third kappa shape index (κ3) is 3.87. The molecule has 2 rings (SSSR count). The predicted molar refractivity (Wildman–Crippen MR) is 71.6 cm³/mol. The van der Waals surface area contributed by atoms with Crippen LogP contribution in [0.2, 0.25) is 0 Å². The number of hydrazine groups is 1. The highest BCUT2D eigenvalue weighted by Crippen LogP contribution is 2.28. The van der Waals surface area contributed by atoms with Crippen molar-refractivity contribution < 1.29 is 0 Å². The van der Waals surface area contributed by atoms with Gasteiger partial charge in [0.05, 0.1) is 6.04 Å². The summed E-state index contributed by atoms with van der Waals surface area (Å²) >= 11 is 0. The molecule has 4 heteroatoms. The van der Waals surface area contributed by atoms with Gasteiger partial charge in [-0.15, -0.1) is 0 Å². The molecule has 0 aliphatic heterocycles. The van der Waals surface area contributed by atoms with E-state index in [2.05, 4.69) is 22.7 Å². The largest absolute Gasteiger partial charge is 0.352 e. The third-order valence-corrected chi connectivity index (χ3v) is 3.98. The second-order valence-electron chi connectivity index (χ2n) is 5.41. The molecule has 1 unspecified atom stereocenters. The molecule has 0 radical (unpaired) electrons. The molecule has 0 spiro atoms. The van der Waals surface area contributed by atoms with Crippen molar-refractivity contribution >= 4 is 5.96 Å². The lowest BCUT2D eigenvalue weighted by molar-refractivity contribution is 0.282. The summed E-state index contributed by atoms with van der Waals surface area (Å²) in [7, 11) is 0. The molecule has 17 heavy (non-hydrogen) atoms. The summed E-state index contributed by atoms with van der Waals surface area (Å²) in [6.07, 6.45) is 10.5. The highest BCUT2D eigenvalue weighted by molar-refractivity contribution is 5.79. The Hall–Kier alpha value is -0.770. The van der Waals surface area contributed by atoms with Gasteiger partial charge in [0.2, 0.25) is 5.96 Å². The van der Waals surface area contributed by atoms with E-state index in [1.165, 1.54) is 44.9 Å². The molecular formula is C13H26N4. The summed E-state index contributed by atoms with van der Waals surface area (Å²) in [5.74, 6) is 7.13. The van der Waals surface area contributed by atoms with E-state index in [1.54, 1.807) is 0 Å². The highest BCUT2D eigenvalue weighted by Gasteiger charge is 2.25. The molecule has 0 saturated heterocycles. The molecular weight excluding hydrogens is 212 g/mol. The lowest BCUT2D eigenvalue weighted by atomic mass is 9.83. The van der Waals surface area contributed by atoms with E-state index in [4.69, 9.17) is 5.84 Å². The average molecular weight is 238 g/mol. The van der Waals surface area contributed by atoms with E-state index in [0.29, 0.717) is 12.1 Å².